The molecule has 1 aromatic heterocycles. The maximum Gasteiger partial charge on any atom is 0.0933 e. The highest BCUT2D eigenvalue weighted by Gasteiger charge is 2.26. The normalized spacial score (nSPS) is 22.9. The van der Waals surface area contributed by atoms with Gasteiger partial charge in [-0.05, 0) is 19.1 Å². The second-order valence-corrected chi connectivity index (χ2v) is 6.13. The van der Waals surface area contributed by atoms with E-state index in [1.165, 1.54) is 0 Å². The van der Waals surface area contributed by atoms with Crippen LogP contribution in [0.3, 0.4) is 0 Å². The predicted molar refractivity (Wildman–Crippen MR) is 85.7 cm³/mol. The first kappa shape index (κ1) is 15.5. The lowest BCUT2D eigenvalue weighted by Gasteiger charge is -2.37. The van der Waals surface area contributed by atoms with Crippen molar-refractivity contribution < 1.29 is 9.84 Å². The summed E-state index contributed by atoms with van der Waals surface area (Å²) in [6.45, 7) is 4.30. The largest absolute Gasteiger partial charge is 0.394 e. The van der Waals surface area contributed by atoms with Gasteiger partial charge in [0.1, 0.15) is 0 Å². The quantitative estimate of drug-likeness (QED) is 0.907. The van der Waals surface area contributed by atoms with Crippen LogP contribution < -0.4 is 0 Å². The number of aromatic nitrogens is 2. The first-order valence-electron chi connectivity index (χ1n) is 7.42. The first-order chi connectivity index (χ1) is 10.7. The number of aliphatic hydroxyl groups is 1. The third-order valence-corrected chi connectivity index (χ3v) is 4.28. The number of nitrogens with zero attached hydrogens (tertiary/aromatic N) is 2. The van der Waals surface area contributed by atoms with Crippen LogP contribution in [0.4, 0.5) is 0 Å². The fourth-order valence-corrected chi connectivity index (χ4v) is 2.94. The Hall–Kier alpha value is -1.40. The summed E-state index contributed by atoms with van der Waals surface area (Å²) in [6.07, 6.45) is 1.74. The second-order valence-electron chi connectivity index (χ2n) is 5.70. The van der Waals surface area contributed by atoms with Crippen molar-refractivity contribution >= 4 is 11.6 Å². The van der Waals surface area contributed by atoms with Crippen LogP contribution in [0.25, 0.3) is 11.3 Å². The van der Waals surface area contributed by atoms with Crippen LogP contribution in [-0.2, 0) is 11.3 Å². The molecule has 1 aliphatic rings. The van der Waals surface area contributed by atoms with Crippen LogP contribution in [0, 0.1) is 0 Å². The molecule has 0 unspecified atom stereocenters. The molecular formula is C16H20ClN3O2. The number of nitrogens with one attached hydrogen (secondary N) is 1. The summed E-state index contributed by atoms with van der Waals surface area (Å²) in [4.78, 5) is 2.31. The van der Waals surface area contributed by atoms with Crippen molar-refractivity contribution in [1.82, 2.24) is 15.1 Å². The highest BCUT2D eigenvalue weighted by atomic mass is 35.5. The van der Waals surface area contributed by atoms with E-state index < -0.39 is 0 Å². The zero-order valence-electron chi connectivity index (χ0n) is 12.5. The Balaban J connectivity index is 1.80. The van der Waals surface area contributed by atoms with Crippen LogP contribution in [0.5, 0.6) is 0 Å². The molecule has 22 heavy (non-hydrogen) atoms. The summed E-state index contributed by atoms with van der Waals surface area (Å²) in [5, 5.41) is 17.3. The summed E-state index contributed by atoms with van der Waals surface area (Å²) in [6, 6.07) is 8.04. The molecule has 3 rings (SSSR count). The number of rotatable bonds is 4. The van der Waals surface area contributed by atoms with Gasteiger partial charge >= 0.3 is 0 Å². The van der Waals surface area contributed by atoms with Crippen molar-refractivity contribution in [2.24, 2.45) is 0 Å². The number of benzene rings is 1. The van der Waals surface area contributed by atoms with Gasteiger partial charge in [-0.1, -0.05) is 23.7 Å². The molecule has 2 heterocycles. The van der Waals surface area contributed by atoms with Crippen molar-refractivity contribution in [3.63, 3.8) is 0 Å². The topological polar surface area (TPSA) is 61.4 Å². The Kier molecular flexibility index (Phi) is 4.78. The van der Waals surface area contributed by atoms with Crippen LogP contribution in [-0.4, -0.2) is 52.1 Å². The molecule has 0 saturated carbocycles. The Labute approximate surface area is 134 Å². The molecule has 2 N–H and O–H groups in total. The molecule has 1 saturated heterocycles. The van der Waals surface area contributed by atoms with Gasteiger partial charge in [0.05, 0.1) is 31.2 Å². The van der Waals surface area contributed by atoms with Crippen molar-refractivity contribution in [3.05, 3.63) is 41.0 Å². The zero-order chi connectivity index (χ0) is 15.5. The van der Waals surface area contributed by atoms with E-state index in [-0.39, 0.29) is 12.7 Å². The van der Waals surface area contributed by atoms with Crippen LogP contribution in [0.2, 0.25) is 5.02 Å². The lowest BCUT2D eigenvalue weighted by Crippen LogP contribution is -2.48. The molecule has 0 amide bonds. The minimum atomic E-state index is -0.113. The monoisotopic (exact) mass is 321 g/mol. The maximum atomic E-state index is 9.30. The number of ether oxygens (including phenoxy) is 1. The lowest BCUT2D eigenvalue weighted by atomic mass is 10.1. The van der Waals surface area contributed by atoms with Gasteiger partial charge in [-0.2, -0.15) is 5.10 Å². The summed E-state index contributed by atoms with van der Waals surface area (Å²) in [7, 11) is 0. The summed E-state index contributed by atoms with van der Waals surface area (Å²) < 4.78 is 5.59. The van der Waals surface area contributed by atoms with E-state index in [2.05, 4.69) is 22.0 Å². The summed E-state index contributed by atoms with van der Waals surface area (Å²) in [5.74, 6) is 0. The van der Waals surface area contributed by atoms with E-state index in [9.17, 15) is 5.11 Å². The Bertz CT molecular complexity index is 631. The van der Waals surface area contributed by atoms with E-state index in [1.54, 1.807) is 0 Å². The molecule has 0 bridgehead atoms. The third kappa shape index (κ3) is 3.33. The highest BCUT2D eigenvalue weighted by Crippen LogP contribution is 2.26. The van der Waals surface area contributed by atoms with E-state index in [0.717, 1.165) is 29.9 Å². The summed E-state index contributed by atoms with van der Waals surface area (Å²) in [5.41, 5.74) is 3.13. The van der Waals surface area contributed by atoms with Crippen LogP contribution in [0.15, 0.2) is 30.5 Å². The van der Waals surface area contributed by atoms with Crippen molar-refractivity contribution in [2.75, 3.05) is 19.8 Å². The van der Waals surface area contributed by atoms with Gasteiger partial charge in [-0.15, -0.1) is 0 Å². The molecule has 6 heteroatoms. The predicted octanol–water partition coefficient (Wildman–Crippen LogP) is 2.31. The smallest absolute Gasteiger partial charge is 0.0933 e. The average Bonchev–Trinajstić information content (AvgIpc) is 2.97. The molecule has 2 atom stereocenters. The lowest BCUT2D eigenvalue weighted by molar-refractivity contribution is -0.0805. The molecular weight excluding hydrogens is 302 g/mol. The molecule has 2 aromatic rings. The third-order valence-electron chi connectivity index (χ3n) is 4.04. The molecule has 0 radical (unpaired) electrons. The van der Waals surface area contributed by atoms with Crippen molar-refractivity contribution in [2.45, 2.75) is 25.6 Å². The zero-order valence-corrected chi connectivity index (χ0v) is 13.3. The fourth-order valence-electron chi connectivity index (χ4n) is 2.75. The molecule has 1 aromatic carbocycles. The Morgan fingerprint density at radius 1 is 1.50 bits per heavy atom. The first-order valence-corrected chi connectivity index (χ1v) is 7.80. The Morgan fingerprint density at radius 3 is 3.14 bits per heavy atom. The average molecular weight is 322 g/mol. The highest BCUT2D eigenvalue weighted by molar-refractivity contribution is 6.30. The van der Waals surface area contributed by atoms with Gasteiger partial charge in [0.15, 0.2) is 0 Å². The molecule has 118 valence electrons. The number of hydrogen-bond acceptors (Lipinski definition) is 4. The molecule has 1 aliphatic heterocycles. The number of hydrogen-bond donors (Lipinski definition) is 2. The number of aromatic amines is 1. The minimum Gasteiger partial charge on any atom is -0.394 e. The number of H-pyrrole nitrogens is 1. The number of halogens is 1. The standard InChI is InChI=1S/C16H20ClN3O2/c1-11-10-22-15(9-21)8-20(11)7-13-6-18-19-16(13)12-3-2-4-14(17)5-12/h2-6,11,15,21H,7-10H2,1H3,(H,18,19)/t11-,15-/m1/s1. The van der Waals surface area contributed by atoms with Gasteiger partial charge in [0.2, 0.25) is 0 Å². The number of aliphatic hydroxyl groups excluding tert-OH is 1. The van der Waals surface area contributed by atoms with E-state index in [0.29, 0.717) is 17.7 Å². The van der Waals surface area contributed by atoms with E-state index >= 15 is 0 Å². The van der Waals surface area contributed by atoms with E-state index in [4.69, 9.17) is 16.3 Å². The van der Waals surface area contributed by atoms with Gasteiger partial charge in [-0.25, -0.2) is 0 Å². The molecule has 5 nitrogen and oxygen atoms in total. The van der Waals surface area contributed by atoms with E-state index in [1.807, 2.05) is 30.5 Å². The van der Waals surface area contributed by atoms with Crippen molar-refractivity contribution in [1.29, 1.82) is 0 Å². The number of morpholine rings is 1. The van der Waals surface area contributed by atoms with Gasteiger partial charge in [0, 0.05) is 35.3 Å². The fraction of sp³-hybridized carbons (Fsp3) is 0.438. The van der Waals surface area contributed by atoms with Crippen molar-refractivity contribution in [3.8, 4) is 11.3 Å². The van der Waals surface area contributed by atoms with Crippen LogP contribution >= 0.6 is 11.6 Å². The van der Waals surface area contributed by atoms with Gasteiger partial charge < -0.3 is 9.84 Å². The van der Waals surface area contributed by atoms with Gasteiger partial charge in [-0.3, -0.25) is 10.00 Å². The molecule has 1 fully saturated rings. The molecule has 0 spiro atoms. The second kappa shape index (κ2) is 6.79. The van der Waals surface area contributed by atoms with Gasteiger partial charge in [0.25, 0.3) is 0 Å². The Morgan fingerprint density at radius 2 is 2.36 bits per heavy atom. The SMILES string of the molecule is C[C@@H]1CO[C@@H](CO)CN1Cc1cn[nH]c1-c1cccc(Cl)c1. The van der Waals surface area contributed by atoms with Crippen LogP contribution in [0.1, 0.15) is 12.5 Å². The minimum absolute atomic E-state index is 0.0513. The summed E-state index contributed by atoms with van der Waals surface area (Å²) >= 11 is 6.08. The molecule has 0 aliphatic carbocycles. The maximum absolute atomic E-state index is 9.30.